The van der Waals surface area contributed by atoms with Crippen LogP contribution in [0.2, 0.25) is 5.02 Å². The number of rotatable bonds is 5. The van der Waals surface area contributed by atoms with E-state index in [1.807, 2.05) is 31.2 Å². The molecular formula is C14H16ClNO2. The summed E-state index contributed by atoms with van der Waals surface area (Å²) in [6.45, 7) is 3.34. The monoisotopic (exact) mass is 265 g/mol. The third kappa shape index (κ3) is 2.86. The molecule has 1 N–H and O–H groups in total. The number of benzene rings is 1. The van der Waals surface area contributed by atoms with Crippen molar-refractivity contribution >= 4 is 11.6 Å². The van der Waals surface area contributed by atoms with Gasteiger partial charge in [0.2, 0.25) is 0 Å². The van der Waals surface area contributed by atoms with Gasteiger partial charge in [0.15, 0.2) is 0 Å². The zero-order valence-electron chi connectivity index (χ0n) is 10.5. The number of halogens is 1. The van der Waals surface area contributed by atoms with E-state index in [4.69, 9.17) is 20.8 Å². The minimum absolute atomic E-state index is 0.642. The second-order valence-corrected chi connectivity index (χ2v) is 4.46. The summed E-state index contributed by atoms with van der Waals surface area (Å²) in [5, 5.41) is 4.01. The second-order valence-electron chi connectivity index (χ2n) is 4.05. The maximum absolute atomic E-state index is 6.16. The zero-order valence-corrected chi connectivity index (χ0v) is 11.3. The molecule has 0 aliphatic heterocycles. The van der Waals surface area contributed by atoms with Gasteiger partial charge in [-0.15, -0.1) is 0 Å². The molecule has 2 rings (SSSR count). The van der Waals surface area contributed by atoms with Crippen molar-refractivity contribution in [1.82, 2.24) is 5.32 Å². The molecule has 3 nitrogen and oxygen atoms in total. The summed E-state index contributed by atoms with van der Waals surface area (Å²) < 4.78 is 10.7. The van der Waals surface area contributed by atoms with Gasteiger partial charge in [-0.05, 0) is 30.7 Å². The minimum Gasteiger partial charge on any atom is -0.496 e. The molecular weight excluding hydrogens is 250 g/mol. The van der Waals surface area contributed by atoms with Crippen LogP contribution >= 0.6 is 11.6 Å². The number of hydrogen-bond donors (Lipinski definition) is 1. The van der Waals surface area contributed by atoms with Crippen LogP contribution in [0.4, 0.5) is 0 Å². The molecule has 1 aromatic heterocycles. The van der Waals surface area contributed by atoms with Crippen molar-refractivity contribution in [3.63, 3.8) is 0 Å². The highest BCUT2D eigenvalue weighted by Gasteiger charge is 2.08. The van der Waals surface area contributed by atoms with Crippen LogP contribution in [-0.2, 0) is 13.1 Å². The molecule has 0 spiro atoms. The molecule has 0 amide bonds. The van der Waals surface area contributed by atoms with E-state index in [0.29, 0.717) is 18.1 Å². The first kappa shape index (κ1) is 13.0. The summed E-state index contributed by atoms with van der Waals surface area (Å²) >= 11 is 6.16. The van der Waals surface area contributed by atoms with Crippen molar-refractivity contribution in [3.05, 3.63) is 52.4 Å². The third-order valence-electron chi connectivity index (χ3n) is 2.85. The normalized spacial score (nSPS) is 10.6. The van der Waals surface area contributed by atoms with Crippen molar-refractivity contribution in [2.75, 3.05) is 7.11 Å². The lowest BCUT2D eigenvalue weighted by Crippen LogP contribution is -2.13. The molecule has 1 aromatic carbocycles. The van der Waals surface area contributed by atoms with E-state index in [9.17, 15) is 0 Å². The summed E-state index contributed by atoms with van der Waals surface area (Å²) in [5.74, 6) is 1.74. The van der Waals surface area contributed by atoms with Gasteiger partial charge in [-0.1, -0.05) is 17.7 Å². The van der Waals surface area contributed by atoms with Crippen LogP contribution in [-0.4, -0.2) is 7.11 Å². The van der Waals surface area contributed by atoms with Crippen molar-refractivity contribution in [1.29, 1.82) is 0 Å². The first-order chi connectivity index (χ1) is 8.72. The summed E-state index contributed by atoms with van der Waals surface area (Å²) in [4.78, 5) is 0. The highest BCUT2D eigenvalue weighted by molar-refractivity contribution is 6.31. The predicted octanol–water partition coefficient (Wildman–Crippen LogP) is 3.54. The van der Waals surface area contributed by atoms with Gasteiger partial charge in [-0.25, -0.2) is 0 Å². The first-order valence-electron chi connectivity index (χ1n) is 5.77. The SMILES string of the molecule is COc1cccc(Cl)c1CNCc1occc1C. The molecule has 0 bridgehead atoms. The lowest BCUT2D eigenvalue weighted by atomic mass is 10.2. The molecule has 0 saturated carbocycles. The van der Waals surface area contributed by atoms with Crippen LogP contribution in [0.1, 0.15) is 16.9 Å². The van der Waals surface area contributed by atoms with Gasteiger partial charge < -0.3 is 14.5 Å². The maximum atomic E-state index is 6.16. The highest BCUT2D eigenvalue weighted by Crippen LogP contribution is 2.26. The number of methoxy groups -OCH3 is 1. The highest BCUT2D eigenvalue weighted by atomic mass is 35.5. The van der Waals surface area contributed by atoms with Crippen molar-refractivity contribution in [3.8, 4) is 5.75 Å². The summed E-state index contributed by atoms with van der Waals surface area (Å²) in [7, 11) is 1.64. The smallest absolute Gasteiger partial charge is 0.124 e. The van der Waals surface area contributed by atoms with Gasteiger partial charge in [0.05, 0.1) is 19.9 Å². The van der Waals surface area contributed by atoms with Gasteiger partial charge in [0.1, 0.15) is 11.5 Å². The van der Waals surface area contributed by atoms with Gasteiger partial charge in [-0.3, -0.25) is 0 Å². The standard InChI is InChI=1S/C14H16ClNO2/c1-10-6-7-18-14(10)9-16-8-11-12(15)4-3-5-13(11)17-2/h3-7,16H,8-9H2,1-2H3. The van der Waals surface area contributed by atoms with Crippen LogP contribution in [0.15, 0.2) is 34.9 Å². The van der Waals surface area contributed by atoms with Crippen LogP contribution in [0.25, 0.3) is 0 Å². The molecule has 2 aromatic rings. The summed E-state index contributed by atoms with van der Waals surface area (Å²) in [6.07, 6.45) is 1.70. The van der Waals surface area contributed by atoms with E-state index >= 15 is 0 Å². The molecule has 0 fully saturated rings. The lowest BCUT2D eigenvalue weighted by molar-refractivity contribution is 0.406. The Labute approximate surface area is 112 Å². The van der Waals surface area contributed by atoms with Crippen LogP contribution in [0.3, 0.4) is 0 Å². The Bertz CT molecular complexity index is 522. The molecule has 0 aliphatic rings. The fourth-order valence-electron chi connectivity index (χ4n) is 1.79. The fourth-order valence-corrected chi connectivity index (χ4v) is 2.02. The Morgan fingerprint density at radius 3 is 2.78 bits per heavy atom. The zero-order chi connectivity index (χ0) is 13.0. The topological polar surface area (TPSA) is 34.4 Å². The van der Waals surface area contributed by atoms with Crippen LogP contribution < -0.4 is 10.1 Å². The number of furan rings is 1. The third-order valence-corrected chi connectivity index (χ3v) is 3.21. The number of ether oxygens (including phenoxy) is 1. The number of hydrogen-bond acceptors (Lipinski definition) is 3. The minimum atomic E-state index is 0.642. The molecule has 4 heteroatoms. The molecule has 0 atom stereocenters. The molecule has 1 heterocycles. The Hall–Kier alpha value is -1.45. The van der Waals surface area contributed by atoms with Crippen LogP contribution in [0.5, 0.6) is 5.75 Å². The van der Waals surface area contributed by atoms with Gasteiger partial charge in [-0.2, -0.15) is 0 Å². The van der Waals surface area contributed by atoms with E-state index < -0.39 is 0 Å². The molecule has 96 valence electrons. The summed E-state index contributed by atoms with van der Waals surface area (Å²) in [6, 6.07) is 7.59. The lowest BCUT2D eigenvalue weighted by Gasteiger charge is -2.10. The molecule has 18 heavy (non-hydrogen) atoms. The first-order valence-corrected chi connectivity index (χ1v) is 6.15. The van der Waals surface area contributed by atoms with Crippen molar-refractivity contribution in [2.24, 2.45) is 0 Å². The molecule has 0 saturated heterocycles. The molecule has 0 radical (unpaired) electrons. The van der Waals surface area contributed by atoms with E-state index in [-0.39, 0.29) is 0 Å². The van der Waals surface area contributed by atoms with Gasteiger partial charge in [0.25, 0.3) is 0 Å². The number of nitrogens with one attached hydrogen (secondary N) is 1. The second kappa shape index (κ2) is 5.94. The van der Waals surface area contributed by atoms with E-state index in [1.165, 1.54) is 0 Å². The molecule has 0 unspecified atom stereocenters. The predicted molar refractivity (Wildman–Crippen MR) is 72.0 cm³/mol. The van der Waals surface area contributed by atoms with E-state index in [1.54, 1.807) is 13.4 Å². The average Bonchev–Trinajstić information content (AvgIpc) is 2.77. The average molecular weight is 266 g/mol. The fraction of sp³-hybridized carbons (Fsp3) is 0.286. The Kier molecular flexibility index (Phi) is 4.28. The largest absolute Gasteiger partial charge is 0.496 e. The Balaban J connectivity index is 2.00. The van der Waals surface area contributed by atoms with Crippen molar-refractivity contribution < 1.29 is 9.15 Å². The number of aryl methyl sites for hydroxylation is 1. The molecule has 0 aliphatic carbocycles. The van der Waals surface area contributed by atoms with Gasteiger partial charge >= 0.3 is 0 Å². The van der Waals surface area contributed by atoms with Gasteiger partial charge in [0, 0.05) is 17.1 Å². The maximum Gasteiger partial charge on any atom is 0.124 e. The quantitative estimate of drug-likeness (QED) is 0.898. The summed E-state index contributed by atoms with van der Waals surface area (Å²) in [5.41, 5.74) is 2.11. The Morgan fingerprint density at radius 2 is 2.11 bits per heavy atom. The van der Waals surface area contributed by atoms with Crippen LogP contribution in [0, 0.1) is 6.92 Å². The van der Waals surface area contributed by atoms with E-state index in [2.05, 4.69) is 5.32 Å². The Morgan fingerprint density at radius 1 is 1.28 bits per heavy atom. The van der Waals surface area contributed by atoms with Crippen molar-refractivity contribution in [2.45, 2.75) is 20.0 Å². The van der Waals surface area contributed by atoms with E-state index in [0.717, 1.165) is 22.6 Å².